The quantitative estimate of drug-likeness (QED) is 0.775. The smallest absolute Gasteiger partial charge is 0.225 e. The standard InChI is InChI=1S/C18H19N3O/c1-12-7-3-4-8-14(12)11-17(22)19-13(2)18-20-15-9-5-6-10-16(15)21-18/h3-10,13H,11H2,1-2H3,(H,19,22)(H,20,21)/t13-/m1/s1. The van der Waals surface area contributed by atoms with Gasteiger partial charge in [-0.2, -0.15) is 0 Å². The van der Waals surface area contributed by atoms with Crippen LogP contribution in [-0.2, 0) is 11.2 Å². The largest absolute Gasteiger partial charge is 0.346 e. The highest BCUT2D eigenvalue weighted by Crippen LogP contribution is 2.16. The van der Waals surface area contributed by atoms with Gasteiger partial charge in [0.2, 0.25) is 5.91 Å². The molecule has 4 nitrogen and oxygen atoms in total. The molecule has 1 amide bonds. The summed E-state index contributed by atoms with van der Waals surface area (Å²) in [7, 11) is 0. The van der Waals surface area contributed by atoms with Crippen molar-refractivity contribution in [2.24, 2.45) is 0 Å². The van der Waals surface area contributed by atoms with E-state index in [1.54, 1.807) is 0 Å². The van der Waals surface area contributed by atoms with Gasteiger partial charge in [0, 0.05) is 0 Å². The lowest BCUT2D eigenvalue weighted by molar-refractivity contribution is -0.121. The monoisotopic (exact) mass is 293 g/mol. The Morgan fingerprint density at radius 2 is 1.91 bits per heavy atom. The lowest BCUT2D eigenvalue weighted by Crippen LogP contribution is -2.28. The Hall–Kier alpha value is -2.62. The number of aryl methyl sites for hydroxylation is 1. The van der Waals surface area contributed by atoms with Gasteiger partial charge >= 0.3 is 0 Å². The number of fused-ring (bicyclic) bond motifs is 1. The summed E-state index contributed by atoms with van der Waals surface area (Å²) in [4.78, 5) is 20.0. The summed E-state index contributed by atoms with van der Waals surface area (Å²) >= 11 is 0. The highest BCUT2D eigenvalue weighted by molar-refractivity contribution is 5.79. The first-order valence-corrected chi connectivity index (χ1v) is 7.42. The van der Waals surface area contributed by atoms with Crippen LogP contribution in [0.1, 0.15) is 29.9 Å². The van der Waals surface area contributed by atoms with E-state index in [9.17, 15) is 4.79 Å². The topological polar surface area (TPSA) is 57.8 Å². The summed E-state index contributed by atoms with van der Waals surface area (Å²) in [5, 5.41) is 3.00. The maximum atomic E-state index is 12.2. The van der Waals surface area contributed by atoms with Crippen LogP contribution in [-0.4, -0.2) is 15.9 Å². The van der Waals surface area contributed by atoms with Crippen LogP contribution in [0.2, 0.25) is 0 Å². The molecular formula is C18H19N3O. The van der Waals surface area contributed by atoms with Crippen molar-refractivity contribution in [2.75, 3.05) is 0 Å². The maximum Gasteiger partial charge on any atom is 0.225 e. The number of hydrogen-bond donors (Lipinski definition) is 2. The van der Waals surface area contributed by atoms with E-state index < -0.39 is 0 Å². The van der Waals surface area contributed by atoms with Gasteiger partial charge in [0.1, 0.15) is 5.82 Å². The molecule has 0 aliphatic carbocycles. The second-order valence-electron chi connectivity index (χ2n) is 5.53. The number of para-hydroxylation sites is 2. The zero-order valence-corrected chi connectivity index (χ0v) is 12.8. The molecule has 0 fully saturated rings. The van der Waals surface area contributed by atoms with E-state index in [1.807, 2.05) is 62.4 Å². The molecule has 112 valence electrons. The summed E-state index contributed by atoms with van der Waals surface area (Å²) in [5.74, 6) is 0.779. The van der Waals surface area contributed by atoms with Gasteiger partial charge in [-0.25, -0.2) is 4.98 Å². The van der Waals surface area contributed by atoms with Crippen LogP contribution in [0.5, 0.6) is 0 Å². The van der Waals surface area contributed by atoms with E-state index in [0.717, 1.165) is 28.0 Å². The van der Waals surface area contributed by atoms with E-state index >= 15 is 0 Å². The number of amides is 1. The molecule has 0 spiro atoms. The van der Waals surface area contributed by atoms with Crippen LogP contribution in [0.4, 0.5) is 0 Å². The van der Waals surface area contributed by atoms with Gasteiger partial charge in [-0.3, -0.25) is 4.79 Å². The van der Waals surface area contributed by atoms with Gasteiger partial charge in [0.05, 0.1) is 23.5 Å². The number of H-pyrrole nitrogens is 1. The fraction of sp³-hybridized carbons (Fsp3) is 0.222. The predicted octanol–water partition coefficient (Wildman–Crippen LogP) is 3.29. The summed E-state index contributed by atoms with van der Waals surface area (Å²) < 4.78 is 0. The lowest BCUT2D eigenvalue weighted by Gasteiger charge is -2.12. The van der Waals surface area contributed by atoms with Gasteiger partial charge in [0.15, 0.2) is 0 Å². The summed E-state index contributed by atoms with van der Waals surface area (Å²) in [6.45, 7) is 3.96. The molecular weight excluding hydrogens is 274 g/mol. The Balaban J connectivity index is 1.69. The van der Waals surface area contributed by atoms with Crippen LogP contribution in [0.25, 0.3) is 11.0 Å². The highest BCUT2D eigenvalue weighted by Gasteiger charge is 2.14. The molecule has 0 saturated carbocycles. The molecule has 1 atom stereocenters. The van der Waals surface area contributed by atoms with Crippen molar-refractivity contribution in [3.8, 4) is 0 Å². The van der Waals surface area contributed by atoms with Gasteiger partial charge in [-0.1, -0.05) is 36.4 Å². The number of nitrogens with zero attached hydrogens (tertiary/aromatic N) is 1. The number of imidazole rings is 1. The zero-order chi connectivity index (χ0) is 15.5. The third-order valence-electron chi connectivity index (χ3n) is 3.81. The molecule has 3 aromatic rings. The van der Waals surface area contributed by atoms with Crippen molar-refractivity contribution in [1.29, 1.82) is 0 Å². The van der Waals surface area contributed by atoms with Gasteiger partial charge in [-0.05, 0) is 37.1 Å². The SMILES string of the molecule is Cc1ccccc1CC(=O)N[C@H](C)c1nc2ccccc2[nH]1. The number of aromatic nitrogens is 2. The van der Waals surface area contributed by atoms with Crippen molar-refractivity contribution < 1.29 is 4.79 Å². The maximum absolute atomic E-state index is 12.2. The van der Waals surface area contributed by atoms with Crippen molar-refractivity contribution in [1.82, 2.24) is 15.3 Å². The number of benzene rings is 2. The molecule has 0 unspecified atom stereocenters. The number of hydrogen-bond acceptors (Lipinski definition) is 2. The number of aromatic amines is 1. The molecule has 0 aliphatic rings. The number of carbonyl (C=O) groups is 1. The third kappa shape index (κ3) is 3.01. The Bertz CT molecular complexity index is 774. The molecule has 3 rings (SSSR count). The Kier molecular flexibility index (Phi) is 3.92. The Labute approximate surface area is 129 Å². The minimum Gasteiger partial charge on any atom is -0.346 e. The molecule has 1 heterocycles. The predicted molar refractivity (Wildman–Crippen MR) is 87.5 cm³/mol. The summed E-state index contributed by atoms with van der Waals surface area (Å²) in [6, 6.07) is 15.6. The molecule has 0 radical (unpaired) electrons. The van der Waals surface area contributed by atoms with E-state index in [0.29, 0.717) is 6.42 Å². The molecule has 2 aromatic carbocycles. The minimum absolute atomic E-state index is 0.00209. The lowest BCUT2D eigenvalue weighted by atomic mass is 10.1. The van der Waals surface area contributed by atoms with E-state index in [1.165, 1.54) is 0 Å². The Morgan fingerprint density at radius 1 is 1.18 bits per heavy atom. The highest BCUT2D eigenvalue weighted by atomic mass is 16.1. The van der Waals surface area contributed by atoms with Crippen LogP contribution in [0.3, 0.4) is 0 Å². The van der Waals surface area contributed by atoms with Crippen molar-refractivity contribution in [3.05, 3.63) is 65.5 Å². The second-order valence-corrected chi connectivity index (χ2v) is 5.53. The van der Waals surface area contributed by atoms with Gasteiger partial charge in [-0.15, -0.1) is 0 Å². The molecule has 22 heavy (non-hydrogen) atoms. The molecule has 2 N–H and O–H groups in total. The van der Waals surface area contributed by atoms with Crippen LogP contribution in [0, 0.1) is 6.92 Å². The van der Waals surface area contributed by atoms with Crippen LogP contribution < -0.4 is 5.32 Å². The van der Waals surface area contributed by atoms with E-state index in [-0.39, 0.29) is 11.9 Å². The van der Waals surface area contributed by atoms with Crippen molar-refractivity contribution >= 4 is 16.9 Å². The number of carbonyl (C=O) groups excluding carboxylic acids is 1. The number of rotatable bonds is 4. The third-order valence-corrected chi connectivity index (χ3v) is 3.81. The summed E-state index contributed by atoms with van der Waals surface area (Å²) in [5.41, 5.74) is 4.08. The average Bonchev–Trinajstić information content (AvgIpc) is 2.93. The van der Waals surface area contributed by atoms with Gasteiger partial charge < -0.3 is 10.3 Å². The fourth-order valence-electron chi connectivity index (χ4n) is 2.52. The zero-order valence-electron chi connectivity index (χ0n) is 12.8. The molecule has 0 bridgehead atoms. The minimum atomic E-state index is -0.149. The number of nitrogens with one attached hydrogen (secondary N) is 2. The first-order valence-electron chi connectivity index (χ1n) is 7.42. The van der Waals surface area contributed by atoms with Gasteiger partial charge in [0.25, 0.3) is 0 Å². The first-order chi connectivity index (χ1) is 10.6. The molecule has 4 heteroatoms. The molecule has 0 saturated heterocycles. The Morgan fingerprint density at radius 3 is 2.68 bits per heavy atom. The van der Waals surface area contributed by atoms with Crippen LogP contribution in [0.15, 0.2) is 48.5 Å². The van der Waals surface area contributed by atoms with E-state index in [4.69, 9.17) is 0 Å². The normalized spacial score (nSPS) is 12.3. The van der Waals surface area contributed by atoms with Crippen LogP contribution >= 0.6 is 0 Å². The molecule has 1 aromatic heterocycles. The van der Waals surface area contributed by atoms with Crippen molar-refractivity contribution in [2.45, 2.75) is 26.3 Å². The van der Waals surface area contributed by atoms with Crippen molar-refractivity contribution in [3.63, 3.8) is 0 Å². The fourth-order valence-corrected chi connectivity index (χ4v) is 2.52. The van der Waals surface area contributed by atoms with E-state index in [2.05, 4.69) is 15.3 Å². The summed E-state index contributed by atoms with van der Waals surface area (Å²) in [6.07, 6.45) is 0.386. The molecule has 0 aliphatic heterocycles. The second kappa shape index (κ2) is 6.02. The average molecular weight is 293 g/mol. The first kappa shape index (κ1) is 14.3.